The quantitative estimate of drug-likeness (QED) is 0.691. The maximum atomic E-state index is 13.7. The summed E-state index contributed by atoms with van der Waals surface area (Å²) in [6, 6.07) is 7.87. The monoisotopic (exact) mass is 309 g/mol. The molecule has 1 heterocycles. The molecule has 0 atom stereocenters. The van der Waals surface area contributed by atoms with Crippen LogP contribution in [0.15, 0.2) is 36.4 Å². The molecule has 7 heteroatoms. The van der Waals surface area contributed by atoms with Crippen LogP contribution in [0.1, 0.15) is 5.56 Å². The lowest BCUT2D eigenvalue weighted by molar-refractivity contribution is -0.139. The maximum absolute atomic E-state index is 13.7. The Kier molecular flexibility index (Phi) is 3.09. The van der Waals surface area contributed by atoms with E-state index in [9.17, 15) is 17.6 Å². The van der Waals surface area contributed by atoms with Gasteiger partial charge in [0.1, 0.15) is 5.82 Å². The van der Waals surface area contributed by atoms with Crippen LogP contribution in [0.2, 0.25) is 0 Å². The van der Waals surface area contributed by atoms with E-state index in [1.165, 1.54) is 28.9 Å². The molecule has 0 unspecified atom stereocenters. The molecule has 0 aliphatic carbocycles. The average molecular weight is 309 g/mol. The Morgan fingerprint density at radius 1 is 1.14 bits per heavy atom. The van der Waals surface area contributed by atoms with E-state index in [1.54, 1.807) is 13.1 Å². The Hall–Kier alpha value is -2.57. The molecule has 0 bridgehead atoms. The van der Waals surface area contributed by atoms with Crippen LogP contribution in [0.5, 0.6) is 0 Å². The fourth-order valence-electron chi connectivity index (χ4n) is 2.51. The van der Waals surface area contributed by atoms with Gasteiger partial charge in [0.05, 0.1) is 11.1 Å². The van der Waals surface area contributed by atoms with Crippen molar-refractivity contribution in [2.45, 2.75) is 6.18 Å². The number of alkyl halides is 3. The molecule has 3 nitrogen and oxygen atoms in total. The summed E-state index contributed by atoms with van der Waals surface area (Å²) >= 11 is 0. The Labute approximate surface area is 123 Å². The second-order valence-corrected chi connectivity index (χ2v) is 4.90. The molecule has 2 N–H and O–H groups in total. The summed E-state index contributed by atoms with van der Waals surface area (Å²) in [5.41, 5.74) is 5.06. The van der Waals surface area contributed by atoms with Gasteiger partial charge < -0.3 is 5.73 Å². The number of halogens is 4. The minimum atomic E-state index is -4.78. The molecular formula is C15H11F4N3. The molecule has 22 heavy (non-hydrogen) atoms. The van der Waals surface area contributed by atoms with Crippen molar-refractivity contribution in [1.82, 2.24) is 9.78 Å². The fourth-order valence-corrected chi connectivity index (χ4v) is 2.51. The van der Waals surface area contributed by atoms with Crippen molar-refractivity contribution < 1.29 is 17.6 Å². The van der Waals surface area contributed by atoms with Crippen LogP contribution in [-0.2, 0) is 13.2 Å². The van der Waals surface area contributed by atoms with E-state index in [-0.39, 0.29) is 11.1 Å². The first-order valence-corrected chi connectivity index (χ1v) is 6.37. The van der Waals surface area contributed by atoms with Crippen molar-refractivity contribution in [1.29, 1.82) is 0 Å². The van der Waals surface area contributed by atoms with Crippen molar-refractivity contribution >= 4 is 16.7 Å². The highest BCUT2D eigenvalue weighted by Gasteiger charge is 2.37. The van der Waals surface area contributed by atoms with Crippen molar-refractivity contribution in [2.24, 2.45) is 7.05 Å². The van der Waals surface area contributed by atoms with Crippen LogP contribution < -0.4 is 5.73 Å². The van der Waals surface area contributed by atoms with E-state index in [1.807, 2.05) is 0 Å². The fraction of sp³-hybridized carbons (Fsp3) is 0.133. The number of nitrogens with zero attached hydrogens (tertiary/aromatic N) is 2. The summed E-state index contributed by atoms with van der Waals surface area (Å²) in [7, 11) is 1.64. The zero-order valence-electron chi connectivity index (χ0n) is 11.4. The number of hydrogen-bond acceptors (Lipinski definition) is 2. The second kappa shape index (κ2) is 4.72. The first-order valence-electron chi connectivity index (χ1n) is 6.37. The van der Waals surface area contributed by atoms with Gasteiger partial charge in [0.15, 0.2) is 5.82 Å². The molecule has 0 aliphatic heterocycles. The minimum Gasteiger partial charge on any atom is -0.382 e. The lowest BCUT2D eigenvalue weighted by atomic mass is 9.98. The predicted octanol–water partition coefficient (Wildman–Crippen LogP) is 3.98. The summed E-state index contributed by atoms with van der Waals surface area (Å²) in [6.07, 6.45) is -4.78. The summed E-state index contributed by atoms with van der Waals surface area (Å²) in [6.45, 7) is 0. The lowest BCUT2D eigenvalue weighted by Gasteiger charge is -2.14. The molecule has 0 saturated carbocycles. The van der Waals surface area contributed by atoms with E-state index in [0.29, 0.717) is 16.7 Å². The van der Waals surface area contributed by atoms with Crippen molar-refractivity contribution in [3.8, 4) is 11.1 Å². The van der Waals surface area contributed by atoms with Crippen LogP contribution in [0.25, 0.3) is 22.0 Å². The highest BCUT2D eigenvalue weighted by molar-refractivity contribution is 5.92. The molecule has 0 amide bonds. The number of benzene rings is 2. The molecule has 114 valence electrons. The van der Waals surface area contributed by atoms with Gasteiger partial charge in [-0.05, 0) is 29.3 Å². The second-order valence-electron chi connectivity index (χ2n) is 4.90. The van der Waals surface area contributed by atoms with E-state index >= 15 is 0 Å². The molecule has 0 saturated heterocycles. The SMILES string of the molecule is Cn1nc(N)c2ccc(-c3cccc(F)c3C(F)(F)F)cc21. The van der Waals surface area contributed by atoms with Crippen LogP contribution in [0.3, 0.4) is 0 Å². The lowest BCUT2D eigenvalue weighted by Crippen LogP contribution is -2.10. The molecule has 0 fully saturated rings. The van der Waals surface area contributed by atoms with E-state index in [2.05, 4.69) is 5.10 Å². The Bertz CT molecular complexity index is 865. The van der Waals surface area contributed by atoms with Gasteiger partial charge in [-0.2, -0.15) is 18.3 Å². The summed E-state index contributed by atoms with van der Waals surface area (Å²) < 4.78 is 54.5. The summed E-state index contributed by atoms with van der Waals surface area (Å²) in [5.74, 6) is -1.01. The first-order chi connectivity index (χ1) is 10.3. The smallest absolute Gasteiger partial charge is 0.382 e. The van der Waals surface area contributed by atoms with Crippen LogP contribution in [0, 0.1) is 5.82 Å². The summed E-state index contributed by atoms with van der Waals surface area (Å²) in [4.78, 5) is 0. The molecule has 0 radical (unpaired) electrons. The first kappa shape index (κ1) is 14.4. The van der Waals surface area contributed by atoms with Crippen LogP contribution in [0.4, 0.5) is 23.4 Å². The number of aryl methyl sites for hydroxylation is 1. The minimum absolute atomic E-state index is 0.214. The Morgan fingerprint density at radius 3 is 2.55 bits per heavy atom. The van der Waals surface area contributed by atoms with Gasteiger partial charge in [-0.25, -0.2) is 4.39 Å². The number of nitrogens with two attached hydrogens (primary N) is 1. The number of fused-ring (bicyclic) bond motifs is 1. The van der Waals surface area contributed by atoms with E-state index in [0.717, 1.165) is 6.07 Å². The van der Waals surface area contributed by atoms with Crippen molar-refractivity contribution in [2.75, 3.05) is 5.73 Å². The van der Waals surface area contributed by atoms with Gasteiger partial charge in [-0.1, -0.05) is 18.2 Å². The van der Waals surface area contributed by atoms with Gasteiger partial charge in [0, 0.05) is 12.4 Å². The molecule has 0 spiro atoms. The topological polar surface area (TPSA) is 43.8 Å². The number of hydrogen-bond donors (Lipinski definition) is 1. The Morgan fingerprint density at radius 2 is 1.86 bits per heavy atom. The molecule has 1 aromatic heterocycles. The molecular weight excluding hydrogens is 298 g/mol. The standard InChI is InChI=1S/C15H11F4N3/c1-22-12-7-8(5-6-10(12)14(20)21-22)9-3-2-4-11(16)13(9)15(17,18)19/h2-7H,1H3,(H2,20,21). The largest absolute Gasteiger partial charge is 0.419 e. The van der Waals surface area contributed by atoms with Gasteiger partial charge in [0.2, 0.25) is 0 Å². The van der Waals surface area contributed by atoms with Crippen molar-refractivity contribution in [3.05, 3.63) is 47.8 Å². The third-order valence-corrected chi connectivity index (χ3v) is 3.49. The van der Waals surface area contributed by atoms with Gasteiger partial charge in [-0.3, -0.25) is 4.68 Å². The molecule has 0 aliphatic rings. The Balaban J connectivity index is 2.28. The zero-order valence-corrected chi connectivity index (χ0v) is 11.4. The third-order valence-electron chi connectivity index (χ3n) is 3.49. The van der Waals surface area contributed by atoms with E-state index < -0.39 is 17.6 Å². The van der Waals surface area contributed by atoms with Gasteiger partial charge in [-0.15, -0.1) is 0 Å². The van der Waals surface area contributed by atoms with Gasteiger partial charge in [0.25, 0.3) is 0 Å². The highest BCUT2D eigenvalue weighted by Crippen LogP contribution is 2.39. The number of nitrogen functional groups attached to an aromatic ring is 1. The number of anilines is 1. The molecule has 3 aromatic rings. The average Bonchev–Trinajstić information content (AvgIpc) is 2.72. The molecule has 3 rings (SSSR count). The molecule has 2 aromatic carbocycles. The third kappa shape index (κ3) is 2.18. The number of rotatable bonds is 1. The predicted molar refractivity (Wildman–Crippen MR) is 75.5 cm³/mol. The van der Waals surface area contributed by atoms with Crippen LogP contribution in [-0.4, -0.2) is 9.78 Å². The number of aromatic nitrogens is 2. The zero-order chi connectivity index (χ0) is 16.1. The van der Waals surface area contributed by atoms with Gasteiger partial charge >= 0.3 is 6.18 Å². The maximum Gasteiger partial charge on any atom is 0.419 e. The highest BCUT2D eigenvalue weighted by atomic mass is 19.4. The summed E-state index contributed by atoms with van der Waals surface area (Å²) in [5, 5.41) is 4.65. The van der Waals surface area contributed by atoms with Crippen LogP contribution >= 0.6 is 0 Å². The normalized spacial score (nSPS) is 12.0. The van der Waals surface area contributed by atoms with Crippen molar-refractivity contribution in [3.63, 3.8) is 0 Å². The van der Waals surface area contributed by atoms with E-state index in [4.69, 9.17) is 5.73 Å².